The molecule has 31 heavy (non-hydrogen) atoms. The number of hydrogen-bond acceptors (Lipinski definition) is 6. The summed E-state index contributed by atoms with van der Waals surface area (Å²) in [6.45, 7) is 0.231. The van der Waals surface area contributed by atoms with Crippen LogP contribution in [0.15, 0.2) is 83.3 Å². The van der Waals surface area contributed by atoms with E-state index in [2.05, 4.69) is 15.5 Å². The van der Waals surface area contributed by atoms with E-state index in [4.69, 9.17) is 9.47 Å². The van der Waals surface area contributed by atoms with Crippen molar-refractivity contribution in [1.29, 1.82) is 0 Å². The van der Waals surface area contributed by atoms with Gasteiger partial charge in [-0.1, -0.05) is 42.5 Å². The molecule has 0 spiro atoms. The Hall–Kier alpha value is -3.71. The van der Waals surface area contributed by atoms with E-state index in [1.165, 1.54) is 23.5 Å². The lowest BCUT2D eigenvalue weighted by Gasteiger charge is -2.11. The van der Waals surface area contributed by atoms with Crippen LogP contribution < -0.4 is 14.9 Å². The van der Waals surface area contributed by atoms with Crippen LogP contribution in [0.2, 0.25) is 0 Å². The molecule has 0 aliphatic heterocycles. The van der Waals surface area contributed by atoms with Gasteiger partial charge in [0.15, 0.2) is 11.5 Å². The van der Waals surface area contributed by atoms with Gasteiger partial charge in [0.1, 0.15) is 12.4 Å². The second-order valence-electron chi connectivity index (χ2n) is 6.60. The minimum atomic E-state index is -0.294. The van der Waals surface area contributed by atoms with E-state index in [1.54, 1.807) is 25.5 Å². The number of nitrogens with zero attached hydrogens (tertiary/aromatic N) is 2. The van der Waals surface area contributed by atoms with Gasteiger partial charge in [-0.2, -0.15) is 5.10 Å². The van der Waals surface area contributed by atoms with Crippen molar-refractivity contribution in [3.63, 3.8) is 0 Å². The zero-order chi connectivity index (χ0) is 21.5. The number of nitrogens with one attached hydrogen (secondary N) is 1. The summed E-state index contributed by atoms with van der Waals surface area (Å²) in [5.41, 5.74) is 6.48. The predicted molar refractivity (Wildman–Crippen MR) is 122 cm³/mol. The van der Waals surface area contributed by atoms with Gasteiger partial charge in [0.25, 0.3) is 0 Å². The smallest absolute Gasteiger partial charge is 0.203 e. The Morgan fingerprint density at radius 2 is 1.90 bits per heavy atom. The normalized spacial score (nSPS) is 10.9. The lowest BCUT2D eigenvalue weighted by Crippen LogP contribution is -1.99. The third-order valence-electron chi connectivity index (χ3n) is 4.42. The third-order valence-corrected chi connectivity index (χ3v) is 5.17. The molecule has 0 saturated carbocycles. The van der Waals surface area contributed by atoms with Crippen LogP contribution in [-0.4, -0.2) is 18.3 Å². The van der Waals surface area contributed by atoms with Crippen LogP contribution in [0.5, 0.6) is 11.5 Å². The number of rotatable bonds is 8. The lowest BCUT2D eigenvalue weighted by atomic mass is 10.2. The molecular formula is C24H20FN3O2S. The molecule has 1 N–H and O–H groups in total. The maximum Gasteiger partial charge on any atom is 0.203 e. The first-order valence-corrected chi connectivity index (χ1v) is 10.4. The number of benzene rings is 3. The molecule has 0 aliphatic carbocycles. The fraction of sp³-hybridized carbons (Fsp3) is 0.0833. The Bertz CT molecular complexity index is 1180. The minimum absolute atomic E-state index is 0.231. The quantitative estimate of drug-likeness (QED) is 0.274. The van der Waals surface area contributed by atoms with E-state index in [9.17, 15) is 4.39 Å². The standard InChI is InChI=1S/C24H20FN3O2S/c1-29-22-11-10-17(13-23(22)30-15-18-6-5-9-20(25)12-18)14-26-28-24-27-21(16-31-24)19-7-3-2-4-8-19/h2-14,16H,15H2,1H3,(H,27,28). The van der Waals surface area contributed by atoms with Crippen molar-refractivity contribution in [1.82, 2.24) is 4.98 Å². The van der Waals surface area contributed by atoms with Crippen molar-refractivity contribution in [2.45, 2.75) is 6.61 Å². The van der Waals surface area contributed by atoms with Crippen molar-refractivity contribution in [2.24, 2.45) is 5.10 Å². The molecule has 0 unspecified atom stereocenters. The molecule has 4 aromatic rings. The van der Waals surface area contributed by atoms with Crippen molar-refractivity contribution in [3.05, 3.63) is 95.1 Å². The highest BCUT2D eigenvalue weighted by atomic mass is 32.1. The first-order chi connectivity index (χ1) is 15.2. The lowest BCUT2D eigenvalue weighted by molar-refractivity contribution is 0.284. The second-order valence-corrected chi connectivity index (χ2v) is 7.46. The highest BCUT2D eigenvalue weighted by molar-refractivity contribution is 7.14. The Labute approximate surface area is 183 Å². The molecule has 0 bridgehead atoms. The summed E-state index contributed by atoms with van der Waals surface area (Å²) in [4.78, 5) is 4.55. The Balaban J connectivity index is 1.42. The van der Waals surface area contributed by atoms with Crippen LogP contribution in [0.25, 0.3) is 11.3 Å². The van der Waals surface area contributed by atoms with Crippen molar-refractivity contribution in [2.75, 3.05) is 12.5 Å². The minimum Gasteiger partial charge on any atom is -0.493 e. The molecule has 4 rings (SSSR count). The van der Waals surface area contributed by atoms with E-state index in [0.717, 1.165) is 22.4 Å². The fourth-order valence-corrected chi connectivity index (χ4v) is 3.57. The van der Waals surface area contributed by atoms with Crippen LogP contribution in [0, 0.1) is 5.82 Å². The van der Waals surface area contributed by atoms with Crippen LogP contribution in [-0.2, 0) is 6.61 Å². The average Bonchev–Trinajstić information content (AvgIpc) is 3.27. The second kappa shape index (κ2) is 9.86. The largest absolute Gasteiger partial charge is 0.493 e. The van der Waals surface area contributed by atoms with Gasteiger partial charge < -0.3 is 9.47 Å². The van der Waals surface area contributed by atoms with E-state index >= 15 is 0 Å². The molecule has 3 aromatic carbocycles. The van der Waals surface area contributed by atoms with Gasteiger partial charge in [-0.25, -0.2) is 9.37 Å². The topological polar surface area (TPSA) is 55.7 Å². The van der Waals surface area contributed by atoms with Gasteiger partial charge in [-0.3, -0.25) is 5.43 Å². The molecule has 0 saturated heterocycles. The molecule has 0 amide bonds. The molecular weight excluding hydrogens is 413 g/mol. The number of halogens is 1. The molecule has 5 nitrogen and oxygen atoms in total. The van der Waals surface area contributed by atoms with E-state index in [1.807, 2.05) is 53.9 Å². The van der Waals surface area contributed by atoms with Gasteiger partial charge in [-0.05, 0) is 41.5 Å². The summed E-state index contributed by atoms with van der Waals surface area (Å²) >= 11 is 1.48. The van der Waals surface area contributed by atoms with E-state index < -0.39 is 0 Å². The summed E-state index contributed by atoms with van der Waals surface area (Å²) in [7, 11) is 1.58. The molecule has 0 radical (unpaired) electrons. The van der Waals surface area contributed by atoms with E-state index in [0.29, 0.717) is 16.6 Å². The van der Waals surface area contributed by atoms with Crippen molar-refractivity contribution in [3.8, 4) is 22.8 Å². The van der Waals surface area contributed by atoms with Crippen LogP contribution in [0.1, 0.15) is 11.1 Å². The number of methoxy groups -OCH3 is 1. The zero-order valence-corrected chi connectivity index (χ0v) is 17.6. The summed E-state index contributed by atoms with van der Waals surface area (Å²) in [6.07, 6.45) is 1.68. The average molecular weight is 434 g/mol. The van der Waals surface area contributed by atoms with Crippen LogP contribution in [0.3, 0.4) is 0 Å². The summed E-state index contributed by atoms with van der Waals surface area (Å²) in [5.74, 6) is 0.850. The Morgan fingerprint density at radius 1 is 1.03 bits per heavy atom. The fourth-order valence-electron chi connectivity index (χ4n) is 2.90. The number of thiazole rings is 1. The van der Waals surface area contributed by atoms with Crippen molar-refractivity contribution >= 4 is 22.7 Å². The Morgan fingerprint density at radius 3 is 2.71 bits per heavy atom. The highest BCUT2D eigenvalue weighted by Crippen LogP contribution is 2.29. The number of ether oxygens (including phenoxy) is 2. The predicted octanol–water partition coefficient (Wildman–Crippen LogP) is 5.98. The maximum atomic E-state index is 13.4. The first-order valence-electron chi connectivity index (χ1n) is 9.56. The molecule has 0 atom stereocenters. The van der Waals surface area contributed by atoms with Gasteiger partial charge in [0, 0.05) is 10.9 Å². The van der Waals surface area contributed by atoms with Gasteiger partial charge >= 0.3 is 0 Å². The first kappa shape index (κ1) is 20.6. The zero-order valence-electron chi connectivity index (χ0n) is 16.8. The van der Waals surface area contributed by atoms with E-state index in [-0.39, 0.29) is 12.4 Å². The molecule has 0 aliphatic rings. The number of hydrogen-bond donors (Lipinski definition) is 1. The highest BCUT2D eigenvalue weighted by Gasteiger charge is 2.07. The number of aromatic nitrogens is 1. The maximum absolute atomic E-state index is 13.4. The number of anilines is 1. The number of hydrazone groups is 1. The summed E-state index contributed by atoms with van der Waals surface area (Å²) in [5, 5.41) is 6.96. The molecule has 156 valence electrons. The van der Waals surface area contributed by atoms with Gasteiger partial charge in [-0.15, -0.1) is 11.3 Å². The molecule has 1 heterocycles. The molecule has 0 fully saturated rings. The SMILES string of the molecule is COc1ccc(C=NNc2nc(-c3ccccc3)cs2)cc1OCc1cccc(F)c1. The van der Waals surface area contributed by atoms with Gasteiger partial charge in [0.05, 0.1) is 19.0 Å². The molecule has 7 heteroatoms. The third kappa shape index (κ3) is 5.46. The Kier molecular flexibility index (Phi) is 6.54. The van der Waals surface area contributed by atoms with Crippen LogP contribution in [0.4, 0.5) is 9.52 Å². The van der Waals surface area contributed by atoms with Crippen molar-refractivity contribution < 1.29 is 13.9 Å². The summed E-state index contributed by atoms with van der Waals surface area (Å²) in [6, 6.07) is 21.8. The van der Waals surface area contributed by atoms with Gasteiger partial charge in [0.2, 0.25) is 5.13 Å². The monoisotopic (exact) mass is 433 g/mol. The van der Waals surface area contributed by atoms with Crippen LogP contribution >= 0.6 is 11.3 Å². The molecule has 1 aromatic heterocycles. The summed E-state index contributed by atoms with van der Waals surface area (Å²) < 4.78 is 24.6.